The molecule has 0 saturated heterocycles. The van der Waals surface area contributed by atoms with Crippen molar-refractivity contribution in [3.8, 4) is 0 Å². The summed E-state index contributed by atoms with van der Waals surface area (Å²) in [5.41, 5.74) is 0.769. The van der Waals surface area contributed by atoms with Gasteiger partial charge < -0.3 is 10.1 Å². The normalized spacial score (nSPS) is 15.2. The van der Waals surface area contributed by atoms with Crippen molar-refractivity contribution < 1.29 is 9.13 Å². The average molecular weight is 296 g/mol. The van der Waals surface area contributed by atoms with Gasteiger partial charge >= 0.3 is 0 Å². The fraction of sp³-hybridized carbons (Fsp3) is 0.647. The first-order chi connectivity index (χ1) is 9.76. The van der Waals surface area contributed by atoms with Gasteiger partial charge in [-0.15, -0.1) is 0 Å². The first kappa shape index (κ1) is 18.1. The maximum absolute atomic E-state index is 14.0. The maximum atomic E-state index is 14.0. The van der Waals surface area contributed by atoms with E-state index in [1.165, 1.54) is 6.07 Å². The van der Waals surface area contributed by atoms with Gasteiger partial charge in [0.25, 0.3) is 0 Å². The van der Waals surface area contributed by atoms with Crippen molar-refractivity contribution in [3.63, 3.8) is 0 Å². The minimum absolute atomic E-state index is 0.00637. The average Bonchev–Trinajstić information content (AvgIpc) is 2.41. The van der Waals surface area contributed by atoms with Crippen molar-refractivity contribution in [1.29, 1.82) is 0 Å². The van der Waals surface area contributed by atoms with Crippen LogP contribution in [-0.2, 0) is 4.74 Å². The second-order valence-electron chi connectivity index (χ2n) is 6.60. The molecular weight excluding hydrogens is 267 g/mol. The van der Waals surface area contributed by atoms with E-state index >= 15 is 0 Å². The van der Waals surface area contributed by atoms with E-state index in [-0.39, 0.29) is 23.4 Å². The van der Waals surface area contributed by atoms with Gasteiger partial charge in [-0.3, -0.25) is 4.90 Å². The molecule has 0 aliphatic heterocycles. The SMILES string of the molecule is COCC(CNC(C)(C)C)N(C)C(C)c1ccccc1F. The number of ether oxygens (including phenoxy) is 1. The van der Waals surface area contributed by atoms with Crippen LogP contribution in [0.1, 0.15) is 39.3 Å². The molecule has 21 heavy (non-hydrogen) atoms. The monoisotopic (exact) mass is 296 g/mol. The van der Waals surface area contributed by atoms with Crippen LogP contribution in [0.2, 0.25) is 0 Å². The fourth-order valence-electron chi connectivity index (χ4n) is 2.29. The highest BCUT2D eigenvalue weighted by molar-refractivity contribution is 5.20. The molecule has 0 spiro atoms. The number of hydrogen-bond acceptors (Lipinski definition) is 3. The van der Waals surface area contributed by atoms with Crippen LogP contribution < -0.4 is 5.32 Å². The summed E-state index contributed by atoms with van der Waals surface area (Å²) < 4.78 is 19.3. The zero-order chi connectivity index (χ0) is 16.0. The molecule has 0 aliphatic carbocycles. The van der Waals surface area contributed by atoms with E-state index in [0.717, 1.165) is 12.1 Å². The first-order valence-electron chi connectivity index (χ1n) is 7.46. The highest BCUT2D eigenvalue weighted by Crippen LogP contribution is 2.23. The zero-order valence-corrected chi connectivity index (χ0v) is 14.1. The van der Waals surface area contributed by atoms with Crippen molar-refractivity contribution in [2.45, 2.75) is 45.3 Å². The Kier molecular flexibility index (Phi) is 6.78. The topological polar surface area (TPSA) is 24.5 Å². The van der Waals surface area contributed by atoms with E-state index in [9.17, 15) is 4.39 Å². The van der Waals surface area contributed by atoms with Crippen LogP contribution in [0.5, 0.6) is 0 Å². The molecule has 2 unspecified atom stereocenters. The Morgan fingerprint density at radius 1 is 1.29 bits per heavy atom. The number of methoxy groups -OCH3 is 1. The summed E-state index contributed by atoms with van der Waals surface area (Å²) in [5.74, 6) is -0.156. The Hall–Kier alpha value is -0.970. The summed E-state index contributed by atoms with van der Waals surface area (Å²) >= 11 is 0. The van der Waals surface area contributed by atoms with Crippen molar-refractivity contribution >= 4 is 0 Å². The number of nitrogens with one attached hydrogen (secondary N) is 1. The van der Waals surface area contributed by atoms with E-state index in [1.807, 2.05) is 26.1 Å². The minimum atomic E-state index is -0.156. The Morgan fingerprint density at radius 2 is 1.90 bits per heavy atom. The van der Waals surface area contributed by atoms with Gasteiger partial charge in [0.15, 0.2) is 0 Å². The summed E-state index contributed by atoms with van der Waals surface area (Å²) in [6.45, 7) is 9.84. The van der Waals surface area contributed by atoms with E-state index < -0.39 is 0 Å². The van der Waals surface area contributed by atoms with Gasteiger partial charge in [0.05, 0.1) is 6.61 Å². The lowest BCUT2D eigenvalue weighted by molar-refractivity contribution is 0.0790. The molecule has 4 heteroatoms. The lowest BCUT2D eigenvalue weighted by atomic mass is 10.0. The predicted molar refractivity (Wildman–Crippen MR) is 86.0 cm³/mol. The minimum Gasteiger partial charge on any atom is -0.383 e. The molecule has 1 rings (SSSR count). The first-order valence-corrected chi connectivity index (χ1v) is 7.46. The van der Waals surface area contributed by atoms with Gasteiger partial charge in [0.2, 0.25) is 0 Å². The van der Waals surface area contributed by atoms with Gasteiger partial charge in [0, 0.05) is 36.8 Å². The number of benzene rings is 1. The van der Waals surface area contributed by atoms with Crippen LogP contribution in [0.15, 0.2) is 24.3 Å². The van der Waals surface area contributed by atoms with Crippen molar-refractivity contribution in [2.24, 2.45) is 0 Å². The van der Waals surface area contributed by atoms with Gasteiger partial charge in [-0.2, -0.15) is 0 Å². The van der Waals surface area contributed by atoms with Crippen LogP contribution in [0.3, 0.4) is 0 Å². The molecule has 0 aromatic heterocycles. The lowest BCUT2D eigenvalue weighted by Crippen LogP contribution is -2.49. The Bertz CT molecular complexity index is 431. The number of halogens is 1. The fourth-order valence-corrected chi connectivity index (χ4v) is 2.29. The summed E-state index contributed by atoms with van der Waals surface area (Å²) in [5, 5.41) is 3.49. The highest BCUT2D eigenvalue weighted by Gasteiger charge is 2.24. The predicted octanol–water partition coefficient (Wildman–Crippen LogP) is 3.22. The smallest absolute Gasteiger partial charge is 0.127 e. The Morgan fingerprint density at radius 3 is 2.43 bits per heavy atom. The molecule has 120 valence electrons. The van der Waals surface area contributed by atoms with E-state index in [0.29, 0.717) is 6.61 Å². The molecule has 0 amide bonds. The van der Waals surface area contributed by atoms with Gasteiger partial charge in [-0.1, -0.05) is 18.2 Å². The highest BCUT2D eigenvalue weighted by atomic mass is 19.1. The van der Waals surface area contributed by atoms with Crippen LogP contribution in [0.4, 0.5) is 4.39 Å². The summed E-state index contributed by atoms with van der Waals surface area (Å²) in [6, 6.07) is 7.13. The van der Waals surface area contributed by atoms with Crippen LogP contribution in [0, 0.1) is 5.82 Å². The Balaban J connectivity index is 2.80. The molecule has 0 heterocycles. The van der Waals surface area contributed by atoms with Gasteiger partial charge in [0.1, 0.15) is 5.82 Å². The molecular formula is C17H29FN2O. The standard InChI is InChI=1S/C17H29FN2O/c1-13(15-9-7-8-10-16(15)18)20(5)14(12-21-6)11-19-17(2,3)4/h7-10,13-14,19H,11-12H2,1-6H3. The molecule has 3 nitrogen and oxygen atoms in total. The molecule has 1 aromatic carbocycles. The quantitative estimate of drug-likeness (QED) is 0.836. The van der Waals surface area contributed by atoms with Crippen molar-refractivity contribution in [3.05, 3.63) is 35.6 Å². The van der Waals surface area contributed by atoms with Crippen LogP contribution >= 0.6 is 0 Å². The van der Waals surface area contributed by atoms with E-state index in [1.54, 1.807) is 13.2 Å². The van der Waals surface area contributed by atoms with Crippen LogP contribution in [-0.4, -0.2) is 43.8 Å². The third kappa shape index (κ3) is 5.73. The lowest BCUT2D eigenvalue weighted by Gasteiger charge is -2.35. The number of likely N-dealkylation sites (N-methyl/N-ethyl adjacent to an activating group) is 1. The van der Waals surface area contributed by atoms with Crippen molar-refractivity contribution in [2.75, 3.05) is 27.3 Å². The third-order valence-corrected chi connectivity index (χ3v) is 3.77. The molecule has 2 atom stereocenters. The molecule has 0 bridgehead atoms. The van der Waals surface area contributed by atoms with Crippen LogP contribution in [0.25, 0.3) is 0 Å². The largest absolute Gasteiger partial charge is 0.383 e. The molecule has 0 fully saturated rings. The van der Waals surface area contributed by atoms with Crippen molar-refractivity contribution in [1.82, 2.24) is 10.2 Å². The maximum Gasteiger partial charge on any atom is 0.127 e. The second-order valence-corrected chi connectivity index (χ2v) is 6.60. The van der Waals surface area contributed by atoms with E-state index in [2.05, 4.69) is 31.0 Å². The molecule has 0 radical (unpaired) electrons. The zero-order valence-electron chi connectivity index (χ0n) is 14.1. The molecule has 1 N–H and O–H groups in total. The molecule has 0 aliphatic rings. The summed E-state index contributed by atoms with van der Waals surface area (Å²) in [7, 11) is 3.72. The third-order valence-electron chi connectivity index (χ3n) is 3.77. The number of hydrogen-bond donors (Lipinski definition) is 1. The number of nitrogens with zero attached hydrogens (tertiary/aromatic N) is 1. The Labute approximate surface area is 128 Å². The van der Waals surface area contributed by atoms with Gasteiger partial charge in [-0.25, -0.2) is 4.39 Å². The van der Waals surface area contributed by atoms with E-state index in [4.69, 9.17) is 4.74 Å². The molecule has 1 aromatic rings. The summed E-state index contributed by atoms with van der Waals surface area (Å²) in [6.07, 6.45) is 0. The van der Waals surface area contributed by atoms with Gasteiger partial charge in [-0.05, 0) is 40.8 Å². The molecule has 0 saturated carbocycles. The second kappa shape index (κ2) is 7.87. The number of rotatable bonds is 7. The summed E-state index contributed by atoms with van der Waals surface area (Å²) in [4.78, 5) is 2.17.